The SMILES string of the molecule is CCn1cc(-c2cnc(N)c(Br)c2)cn1.[C-]#[N+]c1c(-c2ccc(F)cc2)c(=O)c(C(=O)Cc2ccc(-c3cc(-c4cnn(CC)c4)cnc3N)c(F)c2)cn1C(C)C.[C-]#[N+]c1c(-c2ccc(F)cc2)c(=O)c(C(=O)Cc2ccc(-c3cc(-c4cnn(CC)c4)cnc3N)c(F)c2)cn1C(C)C.[C-]#[N+]c1c(-c2ccc(F)cc2)c(=O)c(C(=O)Nc2ccc(B3OC(C)(C)C(C)(C)O3)c(F)c2)cn1C(C)C. The largest absolute Gasteiger partial charge is 0.497 e. The normalized spacial score (nSPS) is 12.4. The minimum atomic E-state index is -0.914. The number of halogens is 7. The predicted octanol–water partition coefficient (Wildman–Crippen LogP) is 21.5. The molecule has 1 saturated heterocycles. The second-order valence-electron chi connectivity index (χ2n) is 34.3. The van der Waals surface area contributed by atoms with Crippen molar-refractivity contribution in [1.29, 1.82) is 0 Å². The van der Waals surface area contributed by atoms with Crippen molar-refractivity contribution in [1.82, 2.24) is 58.0 Å². The number of carbonyl (C=O) groups excluding carboxylic acids is 3. The fraction of sp³-hybridized carbons (Fsp3) is 0.221. The fourth-order valence-electron chi connectivity index (χ4n) is 15.2. The van der Waals surface area contributed by atoms with Crippen LogP contribution in [0.2, 0.25) is 0 Å². The van der Waals surface area contributed by atoms with Crippen LogP contribution < -0.4 is 44.3 Å². The highest BCUT2D eigenvalue weighted by atomic mass is 79.9. The molecule has 0 spiro atoms. The summed E-state index contributed by atoms with van der Waals surface area (Å²) in [6.45, 7) is 49.7. The zero-order chi connectivity index (χ0) is 100. The third-order valence-electron chi connectivity index (χ3n) is 23.6. The molecule has 0 unspecified atom stereocenters. The van der Waals surface area contributed by atoms with Gasteiger partial charge in [0, 0.05) is 136 Å². The molecule has 15 aromatic rings. The number of amides is 1. The molecule has 0 atom stereocenters. The van der Waals surface area contributed by atoms with Crippen molar-refractivity contribution in [2.24, 2.45) is 0 Å². The summed E-state index contributed by atoms with van der Waals surface area (Å²) in [5, 5.41) is 15.3. The van der Waals surface area contributed by atoms with Crippen molar-refractivity contribution >= 4 is 86.6 Å². The van der Waals surface area contributed by atoms with Crippen LogP contribution in [0.3, 0.4) is 0 Å². The number of nitrogens with one attached hydrogen (secondary N) is 1. The summed E-state index contributed by atoms with van der Waals surface area (Å²) in [6.07, 6.45) is 19.4. The molecule has 6 aromatic carbocycles. The number of Topliss-reactive ketones (excluding diaryl/α,β-unsaturated/α-hetero) is 2. The van der Waals surface area contributed by atoms with E-state index in [0.29, 0.717) is 57.9 Å². The first-order valence-electron chi connectivity index (χ1n) is 44.1. The van der Waals surface area contributed by atoms with Gasteiger partial charge in [0.1, 0.15) is 69.0 Å². The summed E-state index contributed by atoms with van der Waals surface area (Å²) in [4.78, 5) is 104. The highest BCUT2D eigenvalue weighted by Crippen LogP contribution is 2.41. The number of nitrogens with two attached hydrogens (primary N) is 3. The number of hydrogen-bond donors (Lipinski definition) is 4. The molecule has 0 saturated carbocycles. The van der Waals surface area contributed by atoms with Gasteiger partial charge >= 0.3 is 7.12 Å². The summed E-state index contributed by atoms with van der Waals surface area (Å²) in [5.41, 5.74) is 22.4. The van der Waals surface area contributed by atoms with Gasteiger partial charge in [-0.25, -0.2) is 41.3 Å². The molecular weight excluding hydrogens is 1850 g/mol. The lowest BCUT2D eigenvalue weighted by atomic mass is 9.78. The number of benzene rings is 6. The lowest BCUT2D eigenvalue weighted by Gasteiger charge is -2.32. The van der Waals surface area contributed by atoms with Gasteiger partial charge in [0.15, 0.2) is 27.9 Å². The highest BCUT2D eigenvalue weighted by molar-refractivity contribution is 9.10. The molecule has 706 valence electrons. The Balaban J connectivity index is 0.000000163. The smallest absolute Gasteiger partial charge is 0.399 e. The number of carbonyl (C=O) groups is 3. The van der Waals surface area contributed by atoms with Gasteiger partial charge in [-0.05, 0) is 213 Å². The maximum absolute atomic E-state index is 15.5. The number of pyridine rings is 6. The summed E-state index contributed by atoms with van der Waals surface area (Å²) in [5.74, 6) is -4.25. The van der Waals surface area contributed by atoms with Crippen LogP contribution in [0.25, 0.3) is 104 Å². The summed E-state index contributed by atoms with van der Waals surface area (Å²) < 4.78 is 109. The Morgan fingerprint density at radius 2 is 0.755 bits per heavy atom. The van der Waals surface area contributed by atoms with Gasteiger partial charge in [-0.3, -0.25) is 56.5 Å². The fourth-order valence-corrected chi connectivity index (χ4v) is 15.6. The van der Waals surface area contributed by atoms with Crippen LogP contribution in [0.15, 0.2) is 239 Å². The first-order chi connectivity index (χ1) is 66.2. The van der Waals surface area contributed by atoms with E-state index in [1.165, 1.54) is 132 Å². The Bertz CT molecular complexity index is 7280. The van der Waals surface area contributed by atoms with Gasteiger partial charge in [0.25, 0.3) is 5.91 Å². The van der Waals surface area contributed by atoms with E-state index >= 15 is 13.2 Å². The Morgan fingerprint density at radius 3 is 1.07 bits per heavy atom. The van der Waals surface area contributed by atoms with Crippen LogP contribution in [0.1, 0.15) is 150 Å². The van der Waals surface area contributed by atoms with Gasteiger partial charge in [-0.2, -0.15) is 15.3 Å². The number of hydrogen-bond acceptors (Lipinski definition) is 17. The highest BCUT2D eigenvalue weighted by Gasteiger charge is 2.52. The van der Waals surface area contributed by atoms with E-state index in [2.05, 4.69) is 66.0 Å². The molecular formula is C104H95BBrF6N19O8. The maximum atomic E-state index is 15.5. The molecule has 139 heavy (non-hydrogen) atoms. The third kappa shape index (κ3) is 22.1. The molecule has 1 amide bonds. The number of aromatic nitrogens is 12. The number of aryl methyl sites for hydroxylation is 3. The van der Waals surface area contributed by atoms with E-state index in [1.54, 1.807) is 87.6 Å². The van der Waals surface area contributed by atoms with E-state index in [1.807, 2.05) is 112 Å². The number of rotatable bonds is 23. The van der Waals surface area contributed by atoms with Crippen molar-refractivity contribution in [3.05, 3.63) is 352 Å². The quantitative estimate of drug-likeness (QED) is 0.0200. The summed E-state index contributed by atoms with van der Waals surface area (Å²) >= 11 is 3.35. The van der Waals surface area contributed by atoms with E-state index in [-0.39, 0.29) is 116 Å². The molecule has 1 aliphatic heterocycles. The van der Waals surface area contributed by atoms with Crippen molar-refractivity contribution in [2.45, 2.75) is 152 Å². The number of nitrogen functional groups attached to an aromatic ring is 3. The van der Waals surface area contributed by atoms with Crippen LogP contribution >= 0.6 is 15.9 Å². The van der Waals surface area contributed by atoms with Crippen molar-refractivity contribution in [3.63, 3.8) is 0 Å². The van der Waals surface area contributed by atoms with Gasteiger partial charge in [-0.1, -0.05) is 86.4 Å². The number of anilines is 4. The van der Waals surface area contributed by atoms with Gasteiger partial charge in [0.2, 0.25) is 17.5 Å². The number of nitrogens with zero attached hydrogens (tertiary/aromatic N) is 15. The molecule has 35 heteroatoms. The molecule has 10 heterocycles. The average Bonchev–Trinajstić information content (AvgIpc) is 1.73. The van der Waals surface area contributed by atoms with Crippen molar-refractivity contribution in [3.8, 4) is 89.0 Å². The first-order valence-corrected chi connectivity index (χ1v) is 44.9. The summed E-state index contributed by atoms with van der Waals surface area (Å²) in [7, 11) is -0.914. The standard InChI is InChI=1S/2C33H28F2N6O2.C28H28BF2N3O4.C10H11BrN4/c2*1-5-40-17-23(16-39-40)22-14-26(32(36)38-15-22)25-11-6-20(12-28(25)35)13-29(42)27-18-41(19(2)3)33(37-4)30(31(27)43)21-7-9-24(34)10-8-21;1-16(2)34-15-20(24(35)23(25(34)32-7)17-8-10-18(30)11-9-17)26(36)33-19-12-13-21(22(31)14-19)29-37-27(3,4)28(5,6)38-29;1-2-15-6-8(5-14-15)7-3-9(11)10(12)13-4-7/h2*6-12,14-19H,5,13H2,1-3H3,(H2,36,38);8-16H,1-6H3,(H,33,36);3-6H,2H2,1H3,(H2,12,13). The minimum absolute atomic E-state index is 0.0105. The van der Waals surface area contributed by atoms with Crippen molar-refractivity contribution in [2.75, 3.05) is 22.5 Å². The molecule has 1 fully saturated rings. The number of ketones is 2. The minimum Gasteiger partial charge on any atom is -0.399 e. The molecule has 9 aromatic heterocycles. The predicted molar refractivity (Wildman–Crippen MR) is 529 cm³/mol. The maximum Gasteiger partial charge on any atom is 0.497 e. The Labute approximate surface area is 805 Å². The molecule has 16 rings (SSSR count). The zero-order valence-corrected chi connectivity index (χ0v) is 79.6. The topological polar surface area (TPSA) is 331 Å². The van der Waals surface area contributed by atoms with E-state index in [0.717, 1.165) is 50.5 Å². The molecule has 0 radical (unpaired) electrons. The molecule has 7 N–H and O–H groups in total. The molecule has 1 aliphatic rings. The van der Waals surface area contributed by atoms with Crippen LogP contribution in [0, 0.1) is 54.6 Å². The zero-order valence-electron chi connectivity index (χ0n) is 78.0. The Kier molecular flexibility index (Phi) is 30.7. The summed E-state index contributed by atoms with van der Waals surface area (Å²) in [6, 6.07) is 33.0. The Morgan fingerprint density at radius 1 is 0.417 bits per heavy atom. The second kappa shape index (κ2) is 42.5. The van der Waals surface area contributed by atoms with Gasteiger partial charge in [-0.15, -0.1) is 0 Å². The monoisotopic (exact) mass is 1940 g/mol. The van der Waals surface area contributed by atoms with Crippen molar-refractivity contribution < 1.29 is 50.0 Å². The van der Waals surface area contributed by atoms with E-state index in [4.69, 9.17) is 46.2 Å². The van der Waals surface area contributed by atoms with Crippen LogP contribution in [0.5, 0.6) is 0 Å². The van der Waals surface area contributed by atoms with Crippen LogP contribution in [0.4, 0.5) is 66.9 Å². The van der Waals surface area contributed by atoms with E-state index < -0.39 is 87.0 Å². The third-order valence-corrected chi connectivity index (χ3v) is 24.2. The lowest BCUT2D eigenvalue weighted by molar-refractivity contribution is 0.00578. The van der Waals surface area contributed by atoms with E-state index in [9.17, 15) is 41.9 Å². The first kappa shape index (κ1) is 100. The lowest BCUT2D eigenvalue weighted by Crippen LogP contribution is -2.41. The average molecular weight is 1940 g/mol. The van der Waals surface area contributed by atoms with Crippen LogP contribution in [-0.4, -0.2) is 93.8 Å². The van der Waals surface area contributed by atoms with Gasteiger partial charge in [0.05, 0.1) is 87.7 Å². The molecule has 0 bridgehead atoms. The second-order valence-corrected chi connectivity index (χ2v) is 35.2. The van der Waals surface area contributed by atoms with Crippen LogP contribution in [-0.2, 0) is 41.8 Å². The molecule has 0 aliphatic carbocycles. The Hall–Kier alpha value is -16.0. The molecule has 27 nitrogen and oxygen atoms in total. The van der Waals surface area contributed by atoms with Gasteiger partial charge < -0.3 is 46.4 Å².